The Kier molecular flexibility index (Phi) is 8.50. The molecule has 3 heterocycles. The maximum Gasteiger partial charge on any atom is 0.407 e. The quantitative estimate of drug-likeness (QED) is 0.310. The van der Waals surface area contributed by atoms with E-state index in [1.807, 2.05) is 27.0 Å². The fraction of sp³-hybridized carbons (Fsp3) is 0.613. The van der Waals surface area contributed by atoms with Gasteiger partial charge >= 0.3 is 6.09 Å². The van der Waals surface area contributed by atoms with E-state index in [2.05, 4.69) is 46.3 Å². The van der Waals surface area contributed by atoms with Crippen LogP contribution in [-0.2, 0) is 11.3 Å². The molecule has 1 saturated heterocycles. The highest BCUT2D eigenvalue weighted by atomic mass is 16.6. The Hall–Kier alpha value is -3.00. The van der Waals surface area contributed by atoms with Crippen molar-refractivity contribution in [3.8, 4) is 11.3 Å². The molecule has 1 aliphatic heterocycles. The third-order valence-corrected chi connectivity index (χ3v) is 7.77. The molecule has 0 radical (unpaired) electrons. The van der Waals surface area contributed by atoms with Gasteiger partial charge < -0.3 is 15.0 Å². The van der Waals surface area contributed by atoms with Gasteiger partial charge in [0, 0.05) is 30.8 Å². The van der Waals surface area contributed by atoms with Crippen LogP contribution in [0.4, 0.5) is 4.79 Å². The summed E-state index contributed by atoms with van der Waals surface area (Å²) in [7, 11) is 2.21. The number of ether oxygens (including phenoxy) is 1. The van der Waals surface area contributed by atoms with Gasteiger partial charge in [0.2, 0.25) is 0 Å². The first-order valence-corrected chi connectivity index (χ1v) is 14.7. The van der Waals surface area contributed by atoms with Crippen LogP contribution in [0.2, 0.25) is 0 Å². The number of fused-ring (bicyclic) bond motifs is 1. The lowest BCUT2D eigenvalue weighted by atomic mass is 9.89. The Balaban J connectivity index is 1.18. The summed E-state index contributed by atoms with van der Waals surface area (Å²) in [6.45, 7) is 9.47. The minimum absolute atomic E-state index is 0.339. The first-order chi connectivity index (χ1) is 18.7. The first-order valence-electron chi connectivity index (χ1n) is 14.7. The summed E-state index contributed by atoms with van der Waals surface area (Å²) in [5, 5.41) is 7.83. The Morgan fingerprint density at radius 2 is 1.79 bits per heavy atom. The van der Waals surface area contributed by atoms with Gasteiger partial charge in [0.05, 0.1) is 28.6 Å². The van der Waals surface area contributed by atoms with Gasteiger partial charge in [-0.25, -0.2) is 9.78 Å². The van der Waals surface area contributed by atoms with Crippen molar-refractivity contribution in [3.63, 3.8) is 0 Å². The SMILES string of the molecule is CN1CCC(c2ccc3ncc(-c4cn(CCCCCCNC(=O)OC(C)(C)C)nc4C4CC4)nc3c2)CC1. The summed E-state index contributed by atoms with van der Waals surface area (Å²) in [4.78, 5) is 24.0. The van der Waals surface area contributed by atoms with Crippen molar-refractivity contribution in [1.29, 1.82) is 0 Å². The summed E-state index contributed by atoms with van der Waals surface area (Å²) in [5.41, 5.74) is 6.12. The van der Waals surface area contributed by atoms with Crippen molar-refractivity contribution in [2.75, 3.05) is 26.7 Å². The van der Waals surface area contributed by atoms with Crippen LogP contribution in [0.25, 0.3) is 22.3 Å². The molecule has 2 fully saturated rings. The number of alkyl carbamates (subject to hydrolysis) is 1. The molecule has 0 unspecified atom stereocenters. The Bertz CT molecular complexity index is 1270. The van der Waals surface area contributed by atoms with Gasteiger partial charge in [-0.05, 0) is 103 Å². The minimum Gasteiger partial charge on any atom is -0.444 e. The van der Waals surface area contributed by atoms with Gasteiger partial charge in [-0.3, -0.25) is 9.67 Å². The van der Waals surface area contributed by atoms with Crippen LogP contribution in [-0.4, -0.2) is 63.0 Å². The van der Waals surface area contributed by atoms with Crippen LogP contribution in [0.15, 0.2) is 30.6 Å². The lowest BCUT2D eigenvalue weighted by Crippen LogP contribution is -2.32. The number of hydrogen-bond donors (Lipinski definition) is 1. The summed E-state index contributed by atoms with van der Waals surface area (Å²) >= 11 is 0. The van der Waals surface area contributed by atoms with Gasteiger partial charge in [-0.2, -0.15) is 5.10 Å². The van der Waals surface area contributed by atoms with E-state index in [1.165, 1.54) is 36.9 Å². The molecule has 0 bridgehead atoms. The van der Waals surface area contributed by atoms with E-state index in [4.69, 9.17) is 19.8 Å². The van der Waals surface area contributed by atoms with Crippen molar-refractivity contribution in [2.45, 2.75) is 96.1 Å². The second kappa shape index (κ2) is 12.0. The van der Waals surface area contributed by atoms with Crippen LogP contribution >= 0.6 is 0 Å². The predicted octanol–water partition coefficient (Wildman–Crippen LogP) is 6.27. The Morgan fingerprint density at radius 1 is 1.03 bits per heavy atom. The average Bonchev–Trinajstić information content (AvgIpc) is 3.66. The zero-order valence-electron chi connectivity index (χ0n) is 24.1. The standard InChI is InChI=1S/C31H44N6O2/c1-31(2,3)39-30(38)32-15-7-5-6-8-16-37-21-25(29(35-37)23-9-10-23)28-20-33-26-12-11-24(19-27(26)34-28)22-13-17-36(4)18-14-22/h11-12,19-23H,5-10,13-18H2,1-4H3,(H,32,38). The van der Waals surface area contributed by atoms with Gasteiger partial charge in [0.15, 0.2) is 0 Å². The Labute approximate surface area is 232 Å². The topological polar surface area (TPSA) is 85.2 Å². The fourth-order valence-electron chi connectivity index (χ4n) is 5.42. The second-order valence-corrected chi connectivity index (χ2v) is 12.4. The zero-order valence-corrected chi connectivity index (χ0v) is 24.1. The number of aromatic nitrogens is 4. The predicted molar refractivity (Wildman–Crippen MR) is 155 cm³/mol. The molecule has 1 amide bonds. The molecule has 8 nitrogen and oxygen atoms in total. The number of piperidine rings is 1. The average molecular weight is 533 g/mol. The molecule has 210 valence electrons. The van der Waals surface area contributed by atoms with E-state index in [0.717, 1.165) is 67.6 Å². The molecule has 1 aromatic carbocycles. The third-order valence-electron chi connectivity index (χ3n) is 7.77. The number of nitrogens with zero attached hydrogens (tertiary/aromatic N) is 5. The van der Waals surface area contributed by atoms with E-state index >= 15 is 0 Å². The molecule has 3 aromatic rings. The normalized spacial score (nSPS) is 17.0. The van der Waals surface area contributed by atoms with Crippen molar-refractivity contribution in [3.05, 3.63) is 41.9 Å². The highest BCUT2D eigenvalue weighted by Crippen LogP contribution is 2.43. The van der Waals surface area contributed by atoms with Crippen LogP contribution < -0.4 is 5.32 Å². The van der Waals surface area contributed by atoms with Gasteiger partial charge in [-0.15, -0.1) is 0 Å². The van der Waals surface area contributed by atoms with E-state index < -0.39 is 5.60 Å². The van der Waals surface area contributed by atoms with Gasteiger partial charge in [0.1, 0.15) is 5.60 Å². The number of nitrogens with one attached hydrogen (secondary N) is 1. The van der Waals surface area contributed by atoms with Crippen LogP contribution in [0.3, 0.4) is 0 Å². The molecule has 0 atom stereocenters. The third kappa shape index (κ3) is 7.56. The van der Waals surface area contributed by atoms with E-state index in [0.29, 0.717) is 18.4 Å². The summed E-state index contributed by atoms with van der Waals surface area (Å²) in [6.07, 6.45) is 12.7. The van der Waals surface area contributed by atoms with Crippen molar-refractivity contribution >= 4 is 17.1 Å². The van der Waals surface area contributed by atoms with Crippen LogP contribution in [0.5, 0.6) is 0 Å². The summed E-state index contributed by atoms with van der Waals surface area (Å²) < 4.78 is 7.39. The smallest absolute Gasteiger partial charge is 0.407 e. The lowest BCUT2D eigenvalue weighted by molar-refractivity contribution is 0.0527. The molecular formula is C31H44N6O2. The number of carbonyl (C=O) groups excluding carboxylic acids is 1. The minimum atomic E-state index is -0.458. The van der Waals surface area contributed by atoms with Crippen molar-refractivity contribution in [2.24, 2.45) is 0 Å². The number of hydrogen-bond acceptors (Lipinski definition) is 6. The monoisotopic (exact) mass is 532 g/mol. The molecule has 1 N–H and O–H groups in total. The molecule has 8 heteroatoms. The summed E-state index contributed by atoms with van der Waals surface area (Å²) in [6, 6.07) is 6.64. The largest absolute Gasteiger partial charge is 0.444 e. The number of aryl methyl sites for hydroxylation is 1. The van der Waals surface area contributed by atoms with Gasteiger partial charge in [-0.1, -0.05) is 18.9 Å². The highest BCUT2D eigenvalue weighted by Gasteiger charge is 2.30. The molecular weight excluding hydrogens is 488 g/mol. The maximum atomic E-state index is 11.8. The lowest BCUT2D eigenvalue weighted by Gasteiger charge is -2.29. The van der Waals surface area contributed by atoms with Crippen LogP contribution in [0, 0.1) is 0 Å². The number of carbonyl (C=O) groups is 1. The molecule has 1 saturated carbocycles. The molecule has 1 aliphatic carbocycles. The molecule has 5 rings (SSSR count). The molecule has 39 heavy (non-hydrogen) atoms. The molecule has 2 aromatic heterocycles. The number of rotatable bonds is 10. The summed E-state index contributed by atoms with van der Waals surface area (Å²) in [5.74, 6) is 1.15. The van der Waals surface area contributed by atoms with Crippen LogP contribution in [0.1, 0.15) is 95.2 Å². The number of amides is 1. The fourth-order valence-corrected chi connectivity index (χ4v) is 5.42. The number of unbranched alkanes of at least 4 members (excludes halogenated alkanes) is 3. The first kappa shape index (κ1) is 27.6. The van der Waals surface area contributed by atoms with E-state index in [1.54, 1.807) is 0 Å². The van der Waals surface area contributed by atoms with E-state index in [9.17, 15) is 4.79 Å². The van der Waals surface area contributed by atoms with E-state index in [-0.39, 0.29) is 6.09 Å². The highest BCUT2D eigenvalue weighted by molar-refractivity contribution is 5.78. The Morgan fingerprint density at radius 3 is 2.54 bits per heavy atom. The number of benzene rings is 1. The van der Waals surface area contributed by atoms with Crippen molar-refractivity contribution in [1.82, 2.24) is 30.0 Å². The zero-order chi connectivity index (χ0) is 27.4. The van der Waals surface area contributed by atoms with Crippen molar-refractivity contribution < 1.29 is 9.53 Å². The number of likely N-dealkylation sites (tertiary alicyclic amines) is 1. The molecule has 0 spiro atoms. The molecule has 2 aliphatic rings. The van der Waals surface area contributed by atoms with Gasteiger partial charge in [0.25, 0.3) is 0 Å². The maximum absolute atomic E-state index is 11.8. The second-order valence-electron chi connectivity index (χ2n) is 12.4.